The van der Waals surface area contributed by atoms with Gasteiger partial charge in [-0.1, -0.05) is 18.2 Å². The number of hydrogen-bond donors (Lipinski definition) is 2. The first-order chi connectivity index (χ1) is 13.2. The van der Waals surface area contributed by atoms with Gasteiger partial charge in [0.2, 0.25) is 0 Å². The molecule has 2 aromatic carbocycles. The van der Waals surface area contributed by atoms with E-state index < -0.39 is 0 Å². The molecule has 1 aromatic heterocycles. The number of hydrogen-bond acceptors (Lipinski definition) is 5. The summed E-state index contributed by atoms with van der Waals surface area (Å²) in [5, 5.41) is 14.9. The van der Waals surface area contributed by atoms with Crippen molar-refractivity contribution >= 4 is 17.4 Å². The quantitative estimate of drug-likeness (QED) is 0.699. The van der Waals surface area contributed by atoms with Crippen LogP contribution in [0.4, 0.5) is 11.5 Å². The molecule has 1 heterocycles. The van der Waals surface area contributed by atoms with Gasteiger partial charge in [0.1, 0.15) is 11.6 Å². The molecule has 2 N–H and O–H groups in total. The topological polar surface area (TPSA) is 87.0 Å². The molecule has 0 saturated carbocycles. The Kier molecular flexibility index (Phi) is 5.65. The molecule has 0 aliphatic heterocycles. The van der Waals surface area contributed by atoms with E-state index in [9.17, 15) is 4.79 Å². The zero-order valence-corrected chi connectivity index (χ0v) is 14.8. The average molecular weight is 358 g/mol. The van der Waals surface area contributed by atoms with Crippen LogP contribution in [-0.4, -0.2) is 18.0 Å². The zero-order valence-electron chi connectivity index (χ0n) is 14.8. The number of nitrogens with zero attached hydrogens (tertiary/aromatic N) is 2. The average Bonchev–Trinajstić information content (AvgIpc) is 2.73. The number of pyridine rings is 1. The van der Waals surface area contributed by atoms with Crippen LogP contribution in [-0.2, 0) is 6.54 Å². The fraction of sp³-hybridized carbons (Fsp3) is 0.0952. The lowest BCUT2D eigenvalue weighted by molar-refractivity contribution is 0.102. The second kappa shape index (κ2) is 8.50. The van der Waals surface area contributed by atoms with Crippen molar-refractivity contribution in [2.24, 2.45) is 0 Å². The minimum atomic E-state index is -0.264. The number of anilines is 2. The van der Waals surface area contributed by atoms with Gasteiger partial charge in [0, 0.05) is 24.0 Å². The number of carbonyl (C=O) groups is 1. The highest BCUT2D eigenvalue weighted by Crippen LogP contribution is 2.15. The van der Waals surface area contributed by atoms with Gasteiger partial charge in [0.25, 0.3) is 5.91 Å². The van der Waals surface area contributed by atoms with E-state index >= 15 is 0 Å². The van der Waals surface area contributed by atoms with Gasteiger partial charge >= 0.3 is 0 Å². The Bertz CT molecular complexity index is 978. The first kappa shape index (κ1) is 18.0. The molecule has 0 radical (unpaired) electrons. The molecule has 0 fully saturated rings. The maximum atomic E-state index is 12.4. The summed E-state index contributed by atoms with van der Waals surface area (Å²) >= 11 is 0. The molecule has 0 aliphatic carbocycles. The zero-order chi connectivity index (χ0) is 19.1. The Hall–Kier alpha value is -3.85. The summed E-state index contributed by atoms with van der Waals surface area (Å²) in [7, 11) is 1.63. The number of nitriles is 1. The molecule has 134 valence electrons. The van der Waals surface area contributed by atoms with Gasteiger partial charge in [0.05, 0.1) is 18.7 Å². The lowest BCUT2D eigenvalue weighted by Gasteiger charge is -2.09. The van der Waals surface area contributed by atoms with Crippen LogP contribution >= 0.6 is 0 Å². The number of benzene rings is 2. The molecule has 0 bridgehead atoms. The lowest BCUT2D eigenvalue weighted by Crippen LogP contribution is -2.13. The predicted octanol–water partition coefficient (Wildman–Crippen LogP) is 3.83. The number of rotatable bonds is 6. The molecular formula is C21H18N4O2. The number of carbonyl (C=O) groups excluding carboxylic acids is 1. The van der Waals surface area contributed by atoms with Crippen LogP contribution in [0.2, 0.25) is 0 Å². The largest absolute Gasteiger partial charge is 0.497 e. The van der Waals surface area contributed by atoms with Crippen LogP contribution in [0.25, 0.3) is 0 Å². The van der Waals surface area contributed by atoms with Gasteiger partial charge in [0.15, 0.2) is 0 Å². The van der Waals surface area contributed by atoms with Crippen molar-refractivity contribution in [3.05, 3.63) is 83.6 Å². The summed E-state index contributed by atoms with van der Waals surface area (Å²) < 4.78 is 5.14. The summed E-state index contributed by atoms with van der Waals surface area (Å²) in [6.45, 7) is 0.576. The van der Waals surface area contributed by atoms with E-state index in [0.29, 0.717) is 29.2 Å². The van der Waals surface area contributed by atoms with Crippen LogP contribution in [0.5, 0.6) is 5.75 Å². The molecule has 0 saturated heterocycles. The van der Waals surface area contributed by atoms with Gasteiger partial charge in [-0.25, -0.2) is 4.98 Å². The van der Waals surface area contributed by atoms with E-state index in [2.05, 4.69) is 15.6 Å². The number of aromatic nitrogens is 1. The maximum Gasteiger partial charge on any atom is 0.255 e. The second-order valence-electron chi connectivity index (χ2n) is 5.78. The summed E-state index contributed by atoms with van der Waals surface area (Å²) in [6, 6.07) is 19.9. The summed E-state index contributed by atoms with van der Waals surface area (Å²) in [5.74, 6) is 1.14. The molecular weight excluding hydrogens is 340 g/mol. The van der Waals surface area contributed by atoms with Gasteiger partial charge in [-0.2, -0.15) is 5.26 Å². The molecule has 1 amide bonds. The van der Waals surface area contributed by atoms with E-state index in [0.717, 1.165) is 11.3 Å². The van der Waals surface area contributed by atoms with Crippen LogP contribution < -0.4 is 15.4 Å². The van der Waals surface area contributed by atoms with Crippen molar-refractivity contribution in [2.45, 2.75) is 6.54 Å². The molecule has 0 unspecified atom stereocenters. The van der Waals surface area contributed by atoms with E-state index in [1.807, 2.05) is 30.3 Å². The standard InChI is InChI=1S/C21H18N4O2/c1-27-19-7-5-15(6-8-19)14-24-20-12-17(9-10-23-20)21(26)25-18-4-2-3-16(11-18)13-22/h2-12H,14H2,1H3,(H,23,24)(H,25,26). The molecule has 3 rings (SSSR count). The first-order valence-electron chi connectivity index (χ1n) is 8.32. The molecule has 27 heavy (non-hydrogen) atoms. The van der Waals surface area contributed by atoms with Crippen molar-refractivity contribution in [3.63, 3.8) is 0 Å². The Labute approximate surface area is 157 Å². The minimum Gasteiger partial charge on any atom is -0.497 e. The lowest BCUT2D eigenvalue weighted by atomic mass is 10.2. The maximum absolute atomic E-state index is 12.4. The van der Waals surface area contributed by atoms with Crippen LogP contribution in [0.15, 0.2) is 66.9 Å². The van der Waals surface area contributed by atoms with Gasteiger partial charge < -0.3 is 15.4 Å². The van der Waals surface area contributed by atoms with E-state index in [1.54, 1.807) is 49.7 Å². The van der Waals surface area contributed by atoms with E-state index in [-0.39, 0.29) is 5.91 Å². The normalized spacial score (nSPS) is 9.93. The monoisotopic (exact) mass is 358 g/mol. The second-order valence-corrected chi connectivity index (χ2v) is 5.78. The Morgan fingerprint density at radius 3 is 2.70 bits per heavy atom. The molecule has 0 spiro atoms. The molecule has 6 nitrogen and oxygen atoms in total. The molecule has 3 aromatic rings. The molecule has 0 atom stereocenters. The Morgan fingerprint density at radius 1 is 1.15 bits per heavy atom. The number of methoxy groups -OCH3 is 1. The summed E-state index contributed by atoms with van der Waals surface area (Å²) in [5.41, 5.74) is 2.61. The highest BCUT2D eigenvalue weighted by Gasteiger charge is 2.08. The van der Waals surface area contributed by atoms with Crippen molar-refractivity contribution in [1.29, 1.82) is 5.26 Å². The Balaban J connectivity index is 1.65. The molecule has 0 aliphatic rings. The third-order valence-corrected chi connectivity index (χ3v) is 3.90. The fourth-order valence-corrected chi connectivity index (χ4v) is 2.47. The van der Waals surface area contributed by atoms with Gasteiger partial charge in [-0.3, -0.25) is 4.79 Å². The smallest absolute Gasteiger partial charge is 0.255 e. The minimum absolute atomic E-state index is 0.264. The van der Waals surface area contributed by atoms with Gasteiger partial charge in [-0.15, -0.1) is 0 Å². The number of ether oxygens (including phenoxy) is 1. The van der Waals surface area contributed by atoms with Crippen molar-refractivity contribution in [2.75, 3.05) is 17.7 Å². The Morgan fingerprint density at radius 2 is 1.96 bits per heavy atom. The third kappa shape index (κ3) is 4.83. The highest BCUT2D eigenvalue weighted by molar-refractivity contribution is 6.04. The van der Waals surface area contributed by atoms with Crippen LogP contribution in [0.1, 0.15) is 21.5 Å². The number of nitrogens with one attached hydrogen (secondary N) is 2. The fourth-order valence-electron chi connectivity index (χ4n) is 2.47. The van der Waals surface area contributed by atoms with Crippen molar-refractivity contribution in [3.8, 4) is 11.8 Å². The van der Waals surface area contributed by atoms with Crippen LogP contribution in [0, 0.1) is 11.3 Å². The van der Waals surface area contributed by atoms with Crippen molar-refractivity contribution < 1.29 is 9.53 Å². The van der Waals surface area contributed by atoms with Crippen molar-refractivity contribution in [1.82, 2.24) is 4.98 Å². The first-order valence-corrected chi connectivity index (χ1v) is 8.32. The van der Waals surface area contributed by atoms with Crippen LogP contribution in [0.3, 0.4) is 0 Å². The van der Waals surface area contributed by atoms with Gasteiger partial charge in [-0.05, 0) is 48.0 Å². The number of amides is 1. The van der Waals surface area contributed by atoms with E-state index in [4.69, 9.17) is 10.00 Å². The molecule has 6 heteroatoms. The van der Waals surface area contributed by atoms with E-state index in [1.165, 1.54) is 0 Å². The predicted molar refractivity (Wildman–Crippen MR) is 104 cm³/mol. The summed E-state index contributed by atoms with van der Waals surface area (Å²) in [4.78, 5) is 16.7. The summed E-state index contributed by atoms with van der Waals surface area (Å²) in [6.07, 6.45) is 1.58. The third-order valence-electron chi connectivity index (χ3n) is 3.90. The highest BCUT2D eigenvalue weighted by atomic mass is 16.5. The SMILES string of the molecule is COc1ccc(CNc2cc(C(=O)Nc3cccc(C#N)c3)ccn2)cc1.